The highest BCUT2D eigenvalue weighted by Crippen LogP contribution is 2.09. The predicted octanol–water partition coefficient (Wildman–Crippen LogP) is -1.71. The minimum atomic E-state index is -1.21. The van der Waals surface area contributed by atoms with Gasteiger partial charge in [0.15, 0.2) is 0 Å². The van der Waals surface area contributed by atoms with Crippen LogP contribution in [0.4, 0.5) is 0 Å². The van der Waals surface area contributed by atoms with Gasteiger partial charge in [-0.05, 0) is 70.9 Å². The highest BCUT2D eigenvalue weighted by molar-refractivity contribution is 5.95. The molecule has 0 fully saturated rings. The lowest BCUT2D eigenvalue weighted by Crippen LogP contribution is -2.57. The van der Waals surface area contributed by atoms with Crippen molar-refractivity contribution in [2.24, 2.45) is 23.1 Å². The number of carboxylic acids is 1. The number of aliphatic carboxylic acids is 1. The first-order valence-corrected chi connectivity index (χ1v) is 12.5. The van der Waals surface area contributed by atoms with Gasteiger partial charge < -0.3 is 43.6 Å². The van der Waals surface area contributed by atoms with Crippen LogP contribution >= 0.6 is 0 Å². The molecule has 4 atom stereocenters. The predicted molar refractivity (Wildman–Crippen MR) is 135 cm³/mol. The van der Waals surface area contributed by atoms with E-state index in [2.05, 4.69) is 21.3 Å². The highest BCUT2D eigenvalue weighted by atomic mass is 16.4. The van der Waals surface area contributed by atoms with Gasteiger partial charge in [-0.25, -0.2) is 0 Å². The second kappa shape index (κ2) is 18.5. The van der Waals surface area contributed by atoms with Crippen LogP contribution in [0.5, 0.6) is 0 Å². The summed E-state index contributed by atoms with van der Waals surface area (Å²) in [5.74, 6) is -3.45. The van der Waals surface area contributed by atoms with Gasteiger partial charge in [-0.2, -0.15) is 0 Å². The second-order valence-electron chi connectivity index (χ2n) is 9.28. The van der Waals surface area contributed by atoms with Crippen molar-refractivity contribution in [3.63, 3.8) is 0 Å². The van der Waals surface area contributed by atoms with Crippen molar-refractivity contribution in [2.45, 2.75) is 89.9 Å². The van der Waals surface area contributed by atoms with E-state index in [1.807, 2.05) is 13.8 Å². The van der Waals surface area contributed by atoms with Gasteiger partial charge in [0, 0.05) is 0 Å². The van der Waals surface area contributed by atoms with Crippen LogP contribution in [-0.2, 0) is 24.0 Å². The fourth-order valence-electron chi connectivity index (χ4n) is 3.36. The first-order chi connectivity index (χ1) is 16.9. The molecule has 0 heterocycles. The van der Waals surface area contributed by atoms with E-state index < -0.39 is 60.3 Å². The Morgan fingerprint density at radius 1 is 0.694 bits per heavy atom. The molecule has 0 aliphatic heterocycles. The van der Waals surface area contributed by atoms with Gasteiger partial charge in [0.05, 0.1) is 6.04 Å². The second-order valence-corrected chi connectivity index (χ2v) is 9.28. The van der Waals surface area contributed by atoms with Crippen LogP contribution < -0.4 is 38.5 Å². The van der Waals surface area contributed by atoms with Crippen molar-refractivity contribution < 1.29 is 29.1 Å². The van der Waals surface area contributed by atoms with Crippen LogP contribution in [0.3, 0.4) is 0 Å². The number of hydrogen-bond acceptors (Lipinski definition) is 8. The van der Waals surface area contributed by atoms with Crippen LogP contribution in [0.2, 0.25) is 0 Å². The van der Waals surface area contributed by atoms with Crippen LogP contribution in [0.15, 0.2) is 0 Å². The van der Waals surface area contributed by atoms with Gasteiger partial charge in [0.2, 0.25) is 23.6 Å². The lowest BCUT2D eigenvalue weighted by atomic mass is 10.0. The molecule has 13 heteroatoms. The van der Waals surface area contributed by atoms with Gasteiger partial charge in [-0.1, -0.05) is 13.8 Å². The van der Waals surface area contributed by atoms with E-state index in [0.29, 0.717) is 45.2 Å². The lowest BCUT2D eigenvalue weighted by molar-refractivity contribution is -0.138. The van der Waals surface area contributed by atoms with Gasteiger partial charge in [0.25, 0.3) is 0 Å². The summed E-state index contributed by atoms with van der Waals surface area (Å²) >= 11 is 0. The molecule has 0 aliphatic rings. The average molecular weight is 516 g/mol. The SMILES string of the molecule is CC(C)CC(NC(=O)C(CCCCN)NC(=O)C(CCCCN)NC(=O)C(C)N)C(=O)NCC(=O)O. The van der Waals surface area contributed by atoms with Gasteiger partial charge in [0.1, 0.15) is 24.7 Å². The maximum atomic E-state index is 13.1. The number of carbonyl (C=O) groups is 5. The van der Waals surface area contributed by atoms with Crippen molar-refractivity contribution in [3.8, 4) is 0 Å². The molecule has 4 unspecified atom stereocenters. The maximum absolute atomic E-state index is 13.1. The summed E-state index contributed by atoms with van der Waals surface area (Å²) in [5.41, 5.74) is 16.7. The zero-order valence-corrected chi connectivity index (χ0v) is 21.7. The number of amides is 4. The summed E-state index contributed by atoms with van der Waals surface area (Å²) in [7, 11) is 0. The molecule has 0 radical (unpaired) electrons. The monoisotopic (exact) mass is 515 g/mol. The normalized spacial score (nSPS) is 14.3. The molecule has 208 valence electrons. The Labute approximate surface area is 213 Å². The van der Waals surface area contributed by atoms with Crippen molar-refractivity contribution in [3.05, 3.63) is 0 Å². The Hall–Kier alpha value is -2.77. The summed E-state index contributed by atoms with van der Waals surface area (Å²) in [5, 5.41) is 19.1. The fraction of sp³-hybridized carbons (Fsp3) is 0.783. The smallest absolute Gasteiger partial charge is 0.322 e. The van der Waals surface area contributed by atoms with Crippen molar-refractivity contribution >= 4 is 29.6 Å². The molecular formula is C23H45N7O6. The number of nitrogens with one attached hydrogen (secondary N) is 4. The summed E-state index contributed by atoms with van der Waals surface area (Å²) in [6.45, 7) is 5.47. The molecule has 11 N–H and O–H groups in total. The van der Waals surface area contributed by atoms with Crippen LogP contribution in [0.1, 0.15) is 65.7 Å². The summed E-state index contributed by atoms with van der Waals surface area (Å²) in [6.07, 6.45) is 3.24. The lowest BCUT2D eigenvalue weighted by Gasteiger charge is -2.26. The first kappa shape index (κ1) is 33.2. The zero-order valence-electron chi connectivity index (χ0n) is 21.7. The van der Waals surface area contributed by atoms with E-state index in [-0.39, 0.29) is 18.8 Å². The molecule has 13 nitrogen and oxygen atoms in total. The maximum Gasteiger partial charge on any atom is 0.322 e. The third-order valence-electron chi connectivity index (χ3n) is 5.33. The molecule has 0 aromatic carbocycles. The minimum absolute atomic E-state index is 0.0246. The average Bonchev–Trinajstić information content (AvgIpc) is 2.80. The fourth-order valence-corrected chi connectivity index (χ4v) is 3.36. The quantitative estimate of drug-likeness (QED) is 0.0914. The first-order valence-electron chi connectivity index (χ1n) is 12.5. The Kier molecular flexibility index (Phi) is 17.1. The Bertz CT molecular complexity index is 717. The number of carbonyl (C=O) groups excluding carboxylic acids is 4. The van der Waals surface area contributed by atoms with E-state index >= 15 is 0 Å². The molecule has 0 saturated carbocycles. The van der Waals surface area contributed by atoms with E-state index in [1.54, 1.807) is 0 Å². The number of hydrogen-bond donors (Lipinski definition) is 8. The minimum Gasteiger partial charge on any atom is -0.480 e. The Morgan fingerprint density at radius 2 is 1.14 bits per heavy atom. The molecule has 0 aromatic heterocycles. The molecule has 0 aromatic rings. The Morgan fingerprint density at radius 3 is 1.53 bits per heavy atom. The van der Waals surface area contributed by atoms with Crippen LogP contribution in [0, 0.1) is 5.92 Å². The molecule has 0 saturated heterocycles. The van der Waals surface area contributed by atoms with E-state index in [9.17, 15) is 24.0 Å². The van der Waals surface area contributed by atoms with Crippen molar-refractivity contribution in [2.75, 3.05) is 19.6 Å². The Balaban J connectivity index is 5.59. The number of rotatable bonds is 19. The third-order valence-corrected chi connectivity index (χ3v) is 5.33. The summed E-state index contributed by atoms with van der Waals surface area (Å²) in [4.78, 5) is 61.7. The number of carboxylic acid groups (broad SMARTS) is 1. The van der Waals surface area contributed by atoms with E-state index in [1.165, 1.54) is 6.92 Å². The standard InChI is InChI=1S/C23H45N7O6/c1-14(2)12-18(21(34)27-13-19(31)32)30-23(36)17(9-5-7-11-25)29-22(35)16(8-4-6-10-24)28-20(33)15(3)26/h14-18H,4-13,24-26H2,1-3H3,(H,27,34)(H,28,33)(H,29,35)(H,30,36)(H,31,32). The largest absolute Gasteiger partial charge is 0.480 e. The van der Waals surface area contributed by atoms with Crippen molar-refractivity contribution in [1.29, 1.82) is 0 Å². The van der Waals surface area contributed by atoms with Crippen molar-refractivity contribution in [1.82, 2.24) is 21.3 Å². The topological polar surface area (TPSA) is 232 Å². The molecule has 4 amide bonds. The molecule has 0 bridgehead atoms. The van der Waals surface area contributed by atoms with Gasteiger partial charge in [-0.3, -0.25) is 24.0 Å². The summed E-state index contributed by atoms with van der Waals surface area (Å²) in [6, 6.07) is -3.70. The van der Waals surface area contributed by atoms with Gasteiger partial charge in [-0.15, -0.1) is 0 Å². The third kappa shape index (κ3) is 14.6. The molecular weight excluding hydrogens is 470 g/mol. The number of unbranched alkanes of at least 4 members (excludes halogenated alkanes) is 2. The molecule has 0 spiro atoms. The van der Waals surface area contributed by atoms with Crippen LogP contribution in [-0.4, -0.2) is 78.5 Å². The molecule has 0 rings (SSSR count). The molecule has 36 heavy (non-hydrogen) atoms. The zero-order chi connectivity index (χ0) is 27.7. The van der Waals surface area contributed by atoms with Gasteiger partial charge >= 0.3 is 5.97 Å². The highest BCUT2D eigenvalue weighted by Gasteiger charge is 2.30. The van der Waals surface area contributed by atoms with E-state index in [0.717, 1.165) is 0 Å². The number of nitrogens with two attached hydrogens (primary N) is 3. The van der Waals surface area contributed by atoms with E-state index in [4.69, 9.17) is 22.3 Å². The van der Waals surface area contributed by atoms with Crippen LogP contribution in [0.25, 0.3) is 0 Å². The summed E-state index contributed by atoms with van der Waals surface area (Å²) < 4.78 is 0. The molecule has 0 aliphatic carbocycles.